The minimum absolute atomic E-state index is 0.178. The summed E-state index contributed by atoms with van der Waals surface area (Å²) in [5.41, 5.74) is 3.19. The highest BCUT2D eigenvalue weighted by atomic mass is 19.1. The van der Waals surface area contributed by atoms with Crippen LogP contribution in [0, 0.1) is 12.7 Å². The van der Waals surface area contributed by atoms with Crippen LogP contribution >= 0.6 is 0 Å². The normalized spacial score (nSPS) is 15.8. The van der Waals surface area contributed by atoms with Crippen molar-refractivity contribution in [1.82, 2.24) is 4.90 Å². The van der Waals surface area contributed by atoms with Gasteiger partial charge in [0.2, 0.25) is 5.91 Å². The summed E-state index contributed by atoms with van der Waals surface area (Å²) in [6.45, 7) is 6.57. The number of halogens is 1. The standard InChI is InChI=1S/C22H27FN2O/c1-3-22(26)25(20-9-7-17(2)8-10-20)21-11-13-24(14-12-21)16-18-5-4-6-19(23)15-18/h4-10,15,21H,3,11-14,16H2,1-2H3. The average molecular weight is 354 g/mol. The fourth-order valence-electron chi connectivity index (χ4n) is 3.66. The van der Waals surface area contributed by atoms with Crippen LogP contribution < -0.4 is 4.90 Å². The van der Waals surface area contributed by atoms with Gasteiger partial charge in [-0.15, -0.1) is 0 Å². The van der Waals surface area contributed by atoms with Crippen molar-refractivity contribution in [3.63, 3.8) is 0 Å². The maximum atomic E-state index is 13.4. The average Bonchev–Trinajstić information content (AvgIpc) is 2.65. The number of aryl methyl sites for hydroxylation is 1. The molecule has 2 aromatic rings. The van der Waals surface area contributed by atoms with Crippen LogP contribution in [0.5, 0.6) is 0 Å². The molecule has 1 fully saturated rings. The van der Waals surface area contributed by atoms with Crippen molar-refractivity contribution >= 4 is 11.6 Å². The van der Waals surface area contributed by atoms with E-state index < -0.39 is 0 Å². The topological polar surface area (TPSA) is 23.6 Å². The molecular formula is C22H27FN2O. The number of amides is 1. The summed E-state index contributed by atoms with van der Waals surface area (Å²) in [4.78, 5) is 16.9. The van der Waals surface area contributed by atoms with E-state index in [-0.39, 0.29) is 17.8 Å². The van der Waals surface area contributed by atoms with Gasteiger partial charge in [0, 0.05) is 37.8 Å². The molecule has 138 valence electrons. The van der Waals surface area contributed by atoms with Gasteiger partial charge in [-0.25, -0.2) is 4.39 Å². The highest BCUT2D eigenvalue weighted by Crippen LogP contribution is 2.26. The molecule has 0 unspecified atom stereocenters. The van der Waals surface area contributed by atoms with Gasteiger partial charge in [-0.05, 0) is 49.6 Å². The Morgan fingerprint density at radius 1 is 1.15 bits per heavy atom. The lowest BCUT2D eigenvalue weighted by Crippen LogP contribution is -2.47. The van der Waals surface area contributed by atoms with Gasteiger partial charge in [0.15, 0.2) is 0 Å². The largest absolute Gasteiger partial charge is 0.309 e. The van der Waals surface area contributed by atoms with E-state index in [1.54, 1.807) is 12.1 Å². The highest BCUT2D eigenvalue weighted by Gasteiger charge is 2.28. The van der Waals surface area contributed by atoms with E-state index in [2.05, 4.69) is 24.0 Å². The van der Waals surface area contributed by atoms with Crippen molar-refractivity contribution in [3.8, 4) is 0 Å². The Labute approximate surface area is 155 Å². The molecule has 1 saturated heterocycles. The molecule has 0 spiro atoms. The second-order valence-corrected chi connectivity index (χ2v) is 7.09. The smallest absolute Gasteiger partial charge is 0.226 e. The Hall–Kier alpha value is -2.20. The van der Waals surface area contributed by atoms with E-state index >= 15 is 0 Å². The SMILES string of the molecule is CCC(=O)N(c1ccc(C)cc1)C1CCN(Cc2cccc(F)c2)CC1. The zero-order chi connectivity index (χ0) is 18.5. The van der Waals surface area contributed by atoms with Gasteiger partial charge in [-0.2, -0.15) is 0 Å². The van der Waals surface area contributed by atoms with Crippen molar-refractivity contribution in [3.05, 3.63) is 65.5 Å². The van der Waals surface area contributed by atoms with Crippen LogP contribution in [0.15, 0.2) is 48.5 Å². The van der Waals surface area contributed by atoms with Gasteiger partial charge in [0.1, 0.15) is 5.82 Å². The number of rotatable bonds is 5. The Morgan fingerprint density at radius 2 is 1.85 bits per heavy atom. The Balaban J connectivity index is 1.65. The molecule has 1 heterocycles. The number of likely N-dealkylation sites (tertiary alicyclic amines) is 1. The fourth-order valence-corrected chi connectivity index (χ4v) is 3.66. The molecule has 1 amide bonds. The van der Waals surface area contributed by atoms with Gasteiger partial charge < -0.3 is 4.90 Å². The second-order valence-electron chi connectivity index (χ2n) is 7.09. The number of benzene rings is 2. The first-order valence-electron chi connectivity index (χ1n) is 9.42. The summed E-state index contributed by atoms with van der Waals surface area (Å²) in [6.07, 6.45) is 2.39. The summed E-state index contributed by atoms with van der Waals surface area (Å²) in [5.74, 6) is -0.00564. The molecule has 2 aromatic carbocycles. The molecule has 26 heavy (non-hydrogen) atoms. The summed E-state index contributed by atoms with van der Waals surface area (Å²) in [7, 11) is 0. The predicted molar refractivity (Wildman–Crippen MR) is 104 cm³/mol. The Kier molecular flexibility index (Phi) is 6.04. The van der Waals surface area contributed by atoms with Crippen LogP contribution in [-0.2, 0) is 11.3 Å². The quantitative estimate of drug-likeness (QED) is 0.787. The number of hydrogen-bond donors (Lipinski definition) is 0. The van der Waals surface area contributed by atoms with Crippen LogP contribution in [0.4, 0.5) is 10.1 Å². The Morgan fingerprint density at radius 3 is 2.46 bits per heavy atom. The van der Waals surface area contributed by atoms with E-state index in [0.717, 1.165) is 43.7 Å². The number of nitrogens with zero attached hydrogens (tertiary/aromatic N) is 2. The van der Waals surface area contributed by atoms with Crippen LogP contribution in [0.2, 0.25) is 0 Å². The van der Waals surface area contributed by atoms with E-state index in [0.29, 0.717) is 6.42 Å². The molecule has 0 aliphatic carbocycles. The van der Waals surface area contributed by atoms with Gasteiger partial charge >= 0.3 is 0 Å². The van der Waals surface area contributed by atoms with Crippen molar-refractivity contribution in [1.29, 1.82) is 0 Å². The van der Waals surface area contributed by atoms with Crippen LogP contribution in [0.25, 0.3) is 0 Å². The molecule has 0 radical (unpaired) electrons. The lowest BCUT2D eigenvalue weighted by atomic mass is 10.0. The zero-order valence-corrected chi connectivity index (χ0v) is 15.6. The first kappa shape index (κ1) is 18.6. The second kappa shape index (κ2) is 8.45. The third-order valence-corrected chi connectivity index (χ3v) is 5.10. The predicted octanol–water partition coefficient (Wildman–Crippen LogP) is 4.54. The third kappa shape index (κ3) is 4.50. The van der Waals surface area contributed by atoms with E-state index in [1.165, 1.54) is 11.6 Å². The van der Waals surface area contributed by atoms with Crippen molar-refractivity contribution in [2.75, 3.05) is 18.0 Å². The Bertz CT molecular complexity index is 736. The molecule has 0 atom stereocenters. The highest BCUT2D eigenvalue weighted by molar-refractivity contribution is 5.93. The molecule has 1 aliphatic rings. The minimum Gasteiger partial charge on any atom is -0.309 e. The van der Waals surface area contributed by atoms with Gasteiger partial charge in [0.05, 0.1) is 0 Å². The third-order valence-electron chi connectivity index (χ3n) is 5.10. The van der Waals surface area contributed by atoms with Crippen molar-refractivity contribution in [2.24, 2.45) is 0 Å². The maximum Gasteiger partial charge on any atom is 0.226 e. The summed E-state index contributed by atoms with van der Waals surface area (Å²) in [6, 6.07) is 15.2. The fraction of sp³-hybridized carbons (Fsp3) is 0.409. The van der Waals surface area contributed by atoms with E-state index in [1.807, 2.05) is 30.0 Å². The van der Waals surface area contributed by atoms with Crippen molar-refractivity contribution < 1.29 is 9.18 Å². The molecule has 0 aromatic heterocycles. The van der Waals surface area contributed by atoms with Gasteiger partial charge in [-0.3, -0.25) is 9.69 Å². The molecule has 0 N–H and O–H groups in total. The number of carbonyl (C=O) groups excluding carboxylic acids is 1. The van der Waals surface area contributed by atoms with Gasteiger partial charge in [0.25, 0.3) is 0 Å². The first-order chi connectivity index (χ1) is 12.6. The molecule has 3 rings (SSSR count). The minimum atomic E-state index is -0.184. The van der Waals surface area contributed by atoms with Crippen LogP contribution in [0.1, 0.15) is 37.3 Å². The van der Waals surface area contributed by atoms with Crippen LogP contribution in [0.3, 0.4) is 0 Å². The lowest BCUT2D eigenvalue weighted by molar-refractivity contribution is -0.119. The number of piperidine rings is 1. The molecule has 4 heteroatoms. The zero-order valence-electron chi connectivity index (χ0n) is 15.6. The van der Waals surface area contributed by atoms with Crippen LogP contribution in [-0.4, -0.2) is 29.9 Å². The molecule has 0 bridgehead atoms. The lowest BCUT2D eigenvalue weighted by Gasteiger charge is -2.38. The molecule has 1 aliphatic heterocycles. The summed E-state index contributed by atoms with van der Waals surface area (Å²) < 4.78 is 13.4. The van der Waals surface area contributed by atoms with E-state index in [4.69, 9.17) is 0 Å². The number of anilines is 1. The summed E-state index contributed by atoms with van der Waals surface area (Å²) >= 11 is 0. The number of carbonyl (C=O) groups is 1. The maximum absolute atomic E-state index is 13.4. The first-order valence-corrected chi connectivity index (χ1v) is 9.42. The molecular weight excluding hydrogens is 327 g/mol. The van der Waals surface area contributed by atoms with Gasteiger partial charge in [-0.1, -0.05) is 36.8 Å². The molecule has 3 nitrogen and oxygen atoms in total. The molecule has 0 saturated carbocycles. The van der Waals surface area contributed by atoms with Crippen molar-refractivity contribution in [2.45, 2.75) is 45.7 Å². The monoisotopic (exact) mass is 354 g/mol. The summed E-state index contributed by atoms with van der Waals surface area (Å²) in [5, 5.41) is 0. The van der Waals surface area contributed by atoms with E-state index in [9.17, 15) is 9.18 Å². The number of hydrogen-bond acceptors (Lipinski definition) is 2.